The molecule has 2 aromatic carbocycles. The lowest BCUT2D eigenvalue weighted by molar-refractivity contribution is -0.153. The summed E-state index contributed by atoms with van der Waals surface area (Å²) in [6.07, 6.45) is -0.969. The van der Waals surface area contributed by atoms with Crippen LogP contribution in [0, 0.1) is 0 Å². The Morgan fingerprint density at radius 2 is 1.61 bits per heavy atom. The Bertz CT molecular complexity index is 871. The number of ether oxygens (including phenoxy) is 2. The van der Waals surface area contributed by atoms with Crippen molar-refractivity contribution in [3.8, 4) is 5.75 Å². The summed E-state index contributed by atoms with van der Waals surface area (Å²) in [5, 5.41) is 5.89. The largest absolute Gasteiger partial charge is 0.477 e. The predicted octanol–water partition coefficient (Wildman–Crippen LogP) is 3.90. The number of halogens is 2. The zero-order valence-corrected chi connectivity index (χ0v) is 16.6. The molecule has 2 rings (SSSR count). The molecule has 0 aliphatic heterocycles. The highest BCUT2D eigenvalue weighted by atomic mass is 35.5. The van der Waals surface area contributed by atoms with Gasteiger partial charge in [-0.05, 0) is 49.4 Å². The molecule has 28 heavy (non-hydrogen) atoms. The van der Waals surface area contributed by atoms with Gasteiger partial charge < -0.3 is 20.1 Å². The minimum Gasteiger partial charge on any atom is -0.477 e. The predicted molar refractivity (Wildman–Crippen MR) is 107 cm³/mol. The van der Waals surface area contributed by atoms with E-state index in [2.05, 4.69) is 10.6 Å². The third-order valence-electron chi connectivity index (χ3n) is 3.36. The maximum Gasteiger partial charge on any atom is 0.347 e. The molecule has 2 aromatic rings. The van der Waals surface area contributed by atoms with Crippen LogP contribution in [0.2, 0.25) is 10.0 Å². The van der Waals surface area contributed by atoms with Crippen LogP contribution in [0.25, 0.3) is 0 Å². The molecule has 1 unspecified atom stereocenters. The smallest absolute Gasteiger partial charge is 0.347 e. The summed E-state index contributed by atoms with van der Waals surface area (Å²) in [7, 11) is 0. The first-order valence-corrected chi connectivity index (χ1v) is 8.96. The first kappa shape index (κ1) is 21.5. The van der Waals surface area contributed by atoms with E-state index in [1.165, 1.54) is 26.0 Å². The van der Waals surface area contributed by atoms with Crippen LogP contribution in [-0.4, -0.2) is 30.5 Å². The molecule has 9 heteroatoms. The van der Waals surface area contributed by atoms with Gasteiger partial charge >= 0.3 is 5.97 Å². The minimum atomic E-state index is -0.969. The Morgan fingerprint density at radius 1 is 1.00 bits per heavy atom. The van der Waals surface area contributed by atoms with E-state index in [1.54, 1.807) is 30.3 Å². The third-order valence-corrected chi connectivity index (χ3v) is 3.89. The van der Waals surface area contributed by atoms with Crippen LogP contribution in [0.5, 0.6) is 5.75 Å². The second kappa shape index (κ2) is 9.96. The first-order chi connectivity index (χ1) is 13.2. The van der Waals surface area contributed by atoms with Gasteiger partial charge in [-0.15, -0.1) is 0 Å². The molecule has 0 fully saturated rings. The molecule has 0 aliphatic rings. The molecular weight excluding hydrogens is 407 g/mol. The lowest BCUT2D eigenvalue weighted by atomic mass is 10.2. The van der Waals surface area contributed by atoms with Crippen molar-refractivity contribution >= 4 is 52.4 Å². The molecule has 0 saturated heterocycles. The highest BCUT2D eigenvalue weighted by Gasteiger charge is 2.19. The van der Waals surface area contributed by atoms with E-state index >= 15 is 0 Å². The van der Waals surface area contributed by atoms with Gasteiger partial charge in [-0.1, -0.05) is 23.2 Å². The summed E-state index contributed by atoms with van der Waals surface area (Å²) in [5.74, 6) is -1.15. The summed E-state index contributed by atoms with van der Waals surface area (Å²) in [4.78, 5) is 34.9. The maximum atomic E-state index is 12.0. The van der Waals surface area contributed by atoms with Crippen molar-refractivity contribution in [1.29, 1.82) is 0 Å². The van der Waals surface area contributed by atoms with Gasteiger partial charge in [-0.3, -0.25) is 9.59 Å². The maximum absolute atomic E-state index is 12.0. The van der Waals surface area contributed by atoms with E-state index in [0.29, 0.717) is 16.4 Å². The van der Waals surface area contributed by atoms with Crippen LogP contribution >= 0.6 is 23.2 Å². The van der Waals surface area contributed by atoms with Crippen LogP contribution in [0.3, 0.4) is 0 Å². The van der Waals surface area contributed by atoms with E-state index < -0.39 is 24.6 Å². The number of hydrogen-bond acceptors (Lipinski definition) is 5. The molecule has 2 amide bonds. The van der Waals surface area contributed by atoms with Gasteiger partial charge in [0, 0.05) is 23.3 Å². The molecule has 0 aromatic heterocycles. The summed E-state index contributed by atoms with van der Waals surface area (Å²) in [6.45, 7) is 2.40. The highest BCUT2D eigenvalue weighted by Crippen LogP contribution is 2.28. The fourth-order valence-corrected chi connectivity index (χ4v) is 2.55. The topological polar surface area (TPSA) is 93.7 Å². The molecule has 1 atom stereocenters. The standard InChI is InChI=1S/C19H18Cl2N2O5/c1-11(28-17-8-3-13(20)9-16(17)21)19(26)27-10-18(25)23-15-6-4-14(5-7-15)22-12(2)24/h3-9,11H,10H2,1-2H3,(H,22,24)(H,23,25). The van der Waals surface area contributed by atoms with Crippen molar-refractivity contribution in [2.24, 2.45) is 0 Å². The summed E-state index contributed by atoms with van der Waals surface area (Å²) in [5.41, 5.74) is 1.09. The van der Waals surface area contributed by atoms with Crippen molar-refractivity contribution in [3.63, 3.8) is 0 Å². The number of carbonyl (C=O) groups is 3. The van der Waals surface area contributed by atoms with E-state index in [-0.39, 0.29) is 16.7 Å². The molecule has 0 heterocycles. The van der Waals surface area contributed by atoms with Crippen molar-refractivity contribution in [2.45, 2.75) is 20.0 Å². The van der Waals surface area contributed by atoms with Gasteiger partial charge in [-0.2, -0.15) is 0 Å². The van der Waals surface area contributed by atoms with Crippen LogP contribution in [0.15, 0.2) is 42.5 Å². The number of esters is 1. The fraction of sp³-hybridized carbons (Fsp3) is 0.211. The van der Waals surface area contributed by atoms with Crippen molar-refractivity contribution in [1.82, 2.24) is 0 Å². The van der Waals surface area contributed by atoms with Crippen molar-refractivity contribution in [3.05, 3.63) is 52.5 Å². The number of carbonyl (C=O) groups excluding carboxylic acids is 3. The average Bonchev–Trinajstić information content (AvgIpc) is 2.63. The zero-order chi connectivity index (χ0) is 20.7. The Morgan fingerprint density at radius 3 is 2.18 bits per heavy atom. The van der Waals surface area contributed by atoms with Gasteiger partial charge in [0.05, 0.1) is 5.02 Å². The lowest BCUT2D eigenvalue weighted by Crippen LogP contribution is -2.29. The number of amides is 2. The molecule has 2 N–H and O–H groups in total. The summed E-state index contributed by atoms with van der Waals surface area (Å²) >= 11 is 11.8. The van der Waals surface area contributed by atoms with Crippen molar-refractivity contribution < 1.29 is 23.9 Å². The Balaban J connectivity index is 1.81. The summed E-state index contributed by atoms with van der Waals surface area (Å²) < 4.78 is 10.4. The second-order valence-electron chi connectivity index (χ2n) is 5.75. The van der Waals surface area contributed by atoms with Gasteiger partial charge in [0.15, 0.2) is 12.7 Å². The Kier molecular flexibility index (Phi) is 7.66. The third kappa shape index (κ3) is 6.75. The SMILES string of the molecule is CC(=O)Nc1ccc(NC(=O)COC(=O)C(C)Oc2ccc(Cl)cc2Cl)cc1. The second-order valence-corrected chi connectivity index (χ2v) is 6.59. The lowest BCUT2D eigenvalue weighted by Gasteiger charge is -2.15. The average molecular weight is 425 g/mol. The summed E-state index contributed by atoms with van der Waals surface area (Å²) in [6, 6.07) is 11.1. The van der Waals surface area contributed by atoms with E-state index in [4.69, 9.17) is 32.7 Å². The van der Waals surface area contributed by atoms with Gasteiger partial charge in [0.1, 0.15) is 5.75 Å². The molecule has 0 bridgehead atoms. The first-order valence-electron chi connectivity index (χ1n) is 8.20. The Labute approximate surface area is 171 Å². The number of benzene rings is 2. The quantitative estimate of drug-likeness (QED) is 0.657. The number of hydrogen-bond donors (Lipinski definition) is 2. The minimum absolute atomic E-state index is 0.195. The van der Waals surface area contributed by atoms with Crippen LogP contribution < -0.4 is 15.4 Å². The number of nitrogens with one attached hydrogen (secondary N) is 2. The molecule has 0 aliphatic carbocycles. The van der Waals surface area contributed by atoms with Gasteiger partial charge in [0.2, 0.25) is 5.91 Å². The van der Waals surface area contributed by atoms with E-state index in [9.17, 15) is 14.4 Å². The fourth-order valence-electron chi connectivity index (χ4n) is 2.10. The Hall–Kier alpha value is -2.77. The molecule has 0 spiro atoms. The van der Waals surface area contributed by atoms with Crippen LogP contribution in [0.4, 0.5) is 11.4 Å². The molecular formula is C19H18Cl2N2O5. The van der Waals surface area contributed by atoms with Gasteiger partial charge in [0.25, 0.3) is 5.91 Å². The molecule has 0 saturated carbocycles. The van der Waals surface area contributed by atoms with Crippen molar-refractivity contribution in [2.75, 3.05) is 17.2 Å². The molecule has 7 nitrogen and oxygen atoms in total. The monoisotopic (exact) mass is 424 g/mol. The number of anilines is 2. The number of rotatable bonds is 7. The molecule has 148 valence electrons. The highest BCUT2D eigenvalue weighted by molar-refractivity contribution is 6.35. The van der Waals surface area contributed by atoms with Crippen LogP contribution in [-0.2, 0) is 19.1 Å². The normalized spacial score (nSPS) is 11.3. The van der Waals surface area contributed by atoms with Crippen LogP contribution in [0.1, 0.15) is 13.8 Å². The van der Waals surface area contributed by atoms with Gasteiger partial charge in [-0.25, -0.2) is 4.79 Å². The van der Waals surface area contributed by atoms with E-state index in [0.717, 1.165) is 0 Å². The zero-order valence-electron chi connectivity index (χ0n) is 15.1. The molecule has 0 radical (unpaired) electrons. The van der Waals surface area contributed by atoms with E-state index in [1.807, 2.05) is 0 Å².